The smallest absolute Gasteiger partial charge is 0.194 e. The first-order chi connectivity index (χ1) is 4.72. The molecule has 1 aromatic rings. The van der Waals surface area contributed by atoms with Crippen LogP contribution in [0.25, 0.3) is 0 Å². The van der Waals surface area contributed by atoms with Crippen molar-refractivity contribution < 1.29 is 0 Å². The minimum Gasteiger partial charge on any atom is -0.308 e. The van der Waals surface area contributed by atoms with Crippen molar-refractivity contribution in [1.82, 2.24) is 14.8 Å². The van der Waals surface area contributed by atoms with Crippen LogP contribution in [0.3, 0.4) is 0 Å². The van der Waals surface area contributed by atoms with Crippen LogP contribution < -0.4 is 0 Å². The van der Waals surface area contributed by atoms with Gasteiger partial charge in [0.15, 0.2) is 4.77 Å². The Morgan fingerprint density at radius 1 is 1.50 bits per heavy atom. The Morgan fingerprint density at radius 3 is 2.10 bits per heavy atom. The van der Waals surface area contributed by atoms with Crippen LogP contribution in [-0.2, 0) is 7.05 Å². The molecule has 1 heterocycles. The van der Waals surface area contributed by atoms with Crippen LogP contribution in [-0.4, -0.2) is 14.8 Å². The van der Waals surface area contributed by atoms with E-state index in [2.05, 4.69) is 10.2 Å². The Hall–Kier alpha value is -0.640. The maximum atomic E-state index is 4.82. The minimum atomic E-state index is 0.669. The first kappa shape index (κ1) is 9.36. The second-order valence-corrected chi connectivity index (χ2v) is 2.02. The van der Waals surface area contributed by atoms with Gasteiger partial charge in [-0.05, 0) is 19.1 Å². The number of H-pyrrole nitrogens is 1. The number of hydrogen-bond acceptors (Lipinski definition) is 2. The number of aryl methyl sites for hydroxylation is 1. The molecule has 0 saturated heterocycles. The maximum absolute atomic E-state index is 4.82. The van der Waals surface area contributed by atoms with Crippen molar-refractivity contribution in [1.29, 1.82) is 0 Å². The molecule has 0 saturated carbocycles. The molecule has 0 radical (unpaired) electrons. The molecule has 0 aromatic carbocycles. The van der Waals surface area contributed by atoms with Crippen molar-refractivity contribution >= 4 is 12.2 Å². The van der Waals surface area contributed by atoms with E-state index in [1.165, 1.54) is 0 Å². The number of aromatic nitrogens is 3. The lowest BCUT2D eigenvalue weighted by molar-refractivity contribution is 0.847. The van der Waals surface area contributed by atoms with E-state index >= 15 is 0 Å². The summed E-state index contributed by atoms with van der Waals surface area (Å²) in [5.41, 5.74) is 0. The summed E-state index contributed by atoms with van der Waals surface area (Å²) >= 11 is 4.82. The van der Waals surface area contributed by atoms with Gasteiger partial charge in [0.2, 0.25) is 0 Å². The zero-order chi connectivity index (χ0) is 8.15. The number of rotatable bonds is 0. The zero-order valence-electron chi connectivity index (χ0n) is 6.80. The van der Waals surface area contributed by atoms with Crippen LogP contribution in [0.5, 0.6) is 0 Å². The van der Waals surface area contributed by atoms with E-state index in [1.54, 1.807) is 0 Å². The molecular weight excluding hydrogens is 146 g/mol. The summed E-state index contributed by atoms with van der Waals surface area (Å²) < 4.78 is 2.48. The molecule has 1 aromatic heterocycles. The van der Waals surface area contributed by atoms with E-state index < -0.39 is 0 Å². The highest BCUT2D eigenvalue weighted by molar-refractivity contribution is 7.71. The van der Waals surface area contributed by atoms with Crippen LogP contribution in [0.15, 0.2) is 0 Å². The van der Waals surface area contributed by atoms with Crippen molar-refractivity contribution in [2.24, 2.45) is 7.05 Å². The van der Waals surface area contributed by atoms with E-state index in [1.807, 2.05) is 32.4 Å². The lowest BCUT2D eigenvalue weighted by Gasteiger charge is -1.86. The number of hydrogen-bond donors (Lipinski definition) is 1. The molecule has 0 unspecified atom stereocenters. The molecule has 0 spiro atoms. The standard InChI is InChI=1S/C4H7N3S.C2H6/c1-3-5-6-4(8)7(3)2;1-2/h1-2H3,(H,6,8);1-2H3. The molecule has 4 heteroatoms. The number of nitrogens with one attached hydrogen (secondary N) is 1. The van der Waals surface area contributed by atoms with Gasteiger partial charge in [0.1, 0.15) is 5.82 Å². The summed E-state index contributed by atoms with van der Waals surface area (Å²) in [5, 5.41) is 6.51. The summed E-state index contributed by atoms with van der Waals surface area (Å²) in [6, 6.07) is 0. The van der Waals surface area contributed by atoms with Crippen molar-refractivity contribution in [2.75, 3.05) is 0 Å². The SMILES string of the molecule is CC.Cc1n[nH]c(=S)n1C. The lowest BCUT2D eigenvalue weighted by Crippen LogP contribution is -1.89. The Kier molecular flexibility index (Phi) is 3.95. The fourth-order valence-corrected chi connectivity index (χ4v) is 0.603. The van der Waals surface area contributed by atoms with Gasteiger partial charge in [-0.1, -0.05) is 13.8 Å². The van der Waals surface area contributed by atoms with E-state index in [0.717, 1.165) is 5.82 Å². The summed E-state index contributed by atoms with van der Waals surface area (Å²) in [6.07, 6.45) is 0. The van der Waals surface area contributed by atoms with E-state index in [9.17, 15) is 0 Å². The molecule has 10 heavy (non-hydrogen) atoms. The Labute approximate surface area is 66.1 Å². The Morgan fingerprint density at radius 2 is 2.00 bits per heavy atom. The average molecular weight is 159 g/mol. The van der Waals surface area contributed by atoms with Crippen LogP contribution in [0.2, 0.25) is 0 Å². The van der Waals surface area contributed by atoms with Gasteiger partial charge in [-0.15, -0.1) is 0 Å². The van der Waals surface area contributed by atoms with Crippen LogP contribution in [0, 0.1) is 11.7 Å². The summed E-state index contributed by atoms with van der Waals surface area (Å²) in [4.78, 5) is 0. The van der Waals surface area contributed by atoms with Crippen molar-refractivity contribution in [3.8, 4) is 0 Å². The van der Waals surface area contributed by atoms with E-state index in [-0.39, 0.29) is 0 Å². The highest BCUT2D eigenvalue weighted by atomic mass is 32.1. The third-order valence-corrected chi connectivity index (χ3v) is 1.47. The molecule has 3 nitrogen and oxygen atoms in total. The highest BCUT2D eigenvalue weighted by Gasteiger charge is 1.89. The third-order valence-electron chi connectivity index (χ3n) is 1.10. The van der Waals surface area contributed by atoms with Crippen LogP contribution in [0.4, 0.5) is 0 Å². The predicted octanol–water partition coefficient (Wildman–Crippen LogP) is 1.81. The molecule has 58 valence electrons. The topological polar surface area (TPSA) is 33.6 Å². The van der Waals surface area contributed by atoms with Gasteiger partial charge < -0.3 is 4.57 Å². The normalized spacial score (nSPS) is 8.40. The fraction of sp³-hybridized carbons (Fsp3) is 0.667. The molecule has 1 rings (SSSR count). The summed E-state index contributed by atoms with van der Waals surface area (Å²) in [6.45, 7) is 5.90. The van der Waals surface area contributed by atoms with E-state index in [0.29, 0.717) is 4.77 Å². The van der Waals surface area contributed by atoms with Crippen molar-refractivity contribution in [2.45, 2.75) is 20.8 Å². The average Bonchev–Trinajstić information content (AvgIpc) is 2.25. The predicted molar refractivity (Wildman–Crippen MR) is 44.5 cm³/mol. The quantitative estimate of drug-likeness (QED) is 0.586. The van der Waals surface area contributed by atoms with Crippen LogP contribution in [0.1, 0.15) is 19.7 Å². The van der Waals surface area contributed by atoms with Gasteiger partial charge in [0.05, 0.1) is 0 Å². The van der Waals surface area contributed by atoms with Gasteiger partial charge in [0.25, 0.3) is 0 Å². The van der Waals surface area contributed by atoms with Crippen molar-refractivity contribution in [3.63, 3.8) is 0 Å². The van der Waals surface area contributed by atoms with Gasteiger partial charge in [-0.3, -0.25) is 5.10 Å². The minimum absolute atomic E-state index is 0.669. The number of nitrogens with zero attached hydrogens (tertiary/aromatic N) is 2. The van der Waals surface area contributed by atoms with Crippen LogP contribution >= 0.6 is 12.2 Å². The second kappa shape index (κ2) is 4.22. The van der Waals surface area contributed by atoms with Gasteiger partial charge in [0, 0.05) is 7.05 Å². The molecule has 1 N–H and O–H groups in total. The second-order valence-electron chi connectivity index (χ2n) is 1.63. The monoisotopic (exact) mass is 159 g/mol. The Bertz CT molecular complexity index is 235. The van der Waals surface area contributed by atoms with Gasteiger partial charge >= 0.3 is 0 Å². The highest BCUT2D eigenvalue weighted by Crippen LogP contribution is 1.88. The third kappa shape index (κ3) is 1.95. The molecule has 0 atom stereocenters. The Balaban J connectivity index is 0.000000371. The van der Waals surface area contributed by atoms with Gasteiger partial charge in [-0.25, -0.2) is 0 Å². The molecule has 0 bridgehead atoms. The van der Waals surface area contributed by atoms with Gasteiger partial charge in [-0.2, -0.15) is 5.10 Å². The summed E-state index contributed by atoms with van der Waals surface area (Å²) in [7, 11) is 1.88. The molecule has 0 aliphatic rings. The maximum Gasteiger partial charge on any atom is 0.194 e. The first-order valence-corrected chi connectivity index (χ1v) is 3.70. The largest absolute Gasteiger partial charge is 0.308 e. The fourth-order valence-electron chi connectivity index (χ4n) is 0.426. The first-order valence-electron chi connectivity index (χ1n) is 3.30. The summed E-state index contributed by atoms with van der Waals surface area (Å²) in [5.74, 6) is 0.912. The zero-order valence-corrected chi connectivity index (χ0v) is 7.62. The van der Waals surface area contributed by atoms with Crippen molar-refractivity contribution in [3.05, 3.63) is 10.6 Å². The molecule has 0 fully saturated rings. The molecule has 0 aliphatic heterocycles. The molecular formula is C6H13N3S. The molecule has 0 aliphatic carbocycles. The van der Waals surface area contributed by atoms with E-state index in [4.69, 9.17) is 12.2 Å². The lowest BCUT2D eigenvalue weighted by atomic mass is 10.7. The number of aromatic amines is 1. The molecule has 0 amide bonds.